The predicted molar refractivity (Wildman–Crippen MR) is 84.7 cm³/mol. The lowest BCUT2D eigenvalue weighted by atomic mass is 10.1. The van der Waals surface area contributed by atoms with Gasteiger partial charge in [0.25, 0.3) is 0 Å². The Morgan fingerprint density at radius 3 is 2.47 bits per heavy atom. The van der Waals surface area contributed by atoms with E-state index < -0.39 is 0 Å². The molecule has 1 amide bonds. The van der Waals surface area contributed by atoms with Crippen molar-refractivity contribution in [3.8, 4) is 0 Å². The van der Waals surface area contributed by atoms with Gasteiger partial charge in [-0.1, -0.05) is 54.9 Å². The summed E-state index contributed by atoms with van der Waals surface area (Å²) in [4.78, 5) is 14.1. The summed E-state index contributed by atoms with van der Waals surface area (Å²) in [7, 11) is 0. The molecule has 1 atom stereocenters. The first-order chi connectivity index (χ1) is 9.12. The highest BCUT2D eigenvalue weighted by Crippen LogP contribution is 2.18. The highest BCUT2D eigenvalue weighted by molar-refractivity contribution is 9.10. The van der Waals surface area contributed by atoms with Gasteiger partial charge in [-0.2, -0.15) is 0 Å². The highest BCUT2D eigenvalue weighted by Gasteiger charge is 2.14. The minimum absolute atomic E-state index is 0.0227. The van der Waals surface area contributed by atoms with Gasteiger partial charge in [0.2, 0.25) is 5.91 Å². The topological polar surface area (TPSA) is 32.3 Å². The molecule has 0 aromatic heterocycles. The summed E-state index contributed by atoms with van der Waals surface area (Å²) >= 11 is 3.38. The summed E-state index contributed by atoms with van der Waals surface area (Å²) in [6.07, 6.45) is 0.782. The van der Waals surface area contributed by atoms with E-state index in [1.807, 2.05) is 25.1 Å². The van der Waals surface area contributed by atoms with E-state index in [2.05, 4.69) is 46.1 Å². The van der Waals surface area contributed by atoms with Crippen molar-refractivity contribution in [2.75, 3.05) is 18.4 Å². The molecule has 0 fully saturated rings. The number of hydrogen-bond donors (Lipinski definition) is 1. The number of amides is 1. The fourth-order valence-corrected chi connectivity index (χ4v) is 1.98. The molecule has 0 bridgehead atoms. The van der Waals surface area contributed by atoms with Crippen molar-refractivity contribution in [1.82, 2.24) is 4.90 Å². The molecule has 1 aromatic carbocycles. The third-order valence-electron chi connectivity index (χ3n) is 3.21. The third-order valence-corrected chi connectivity index (χ3v) is 4.27. The number of carbonyl (C=O) groups is 1. The van der Waals surface area contributed by atoms with E-state index in [4.69, 9.17) is 0 Å². The Balaban J connectivity index is 2.81. The van der Waals surface area contributed by atoms with Gasteiger partial charge in [-0.05, 0) is 31.1 Å². The maximum absolute atomic E-state index is 11.9. The average molecular weight is 327 g/mol. The van der Waals surface area contributed by atoms with Gasteiger partial charge in [0.1, 0.15) is 0 Å². The molecule has 0 radical (unpaired) electrons. The quantitative estimate of drug-likeness (QED) is 0.776. The number of nitrogens with one attached hydrogen (secondary N) is 1. The number of carbonyl (C=O) groups excluding carboxylic acids is 1. The highest BCUT2D eigenvalue weighted by atomic mass is 79.9. The van der Waals surface area contributed by atoms with Crippen molar-refractivity contribution >= 4 is 27.5 Å². The fraction of sp³-hybridized carbons (Fsp3) is 0.533. The van der Waals surface area contributed by atoms with Gasteiger partial charge < -0.3 is 5.32 Å². The molecule has 0 aliphatic carbocycles. The summed E-state index contributed by atoms with van der Waals surface area (Å²) in [6, 6.07) is 8.01. The maximum atomic E-state index is 11.9. The van der Waals surface area contributed by atoms with Crippen LogP contribution in [-0.2, 0) is 11.3 Å². The maximum Gasteiger partial charge on any atom is 0.238 e. The van der Waals surface area contributed by atoms with Crippen LogP contribution in [0.3, 0.4) is 0 Å². The Morgan fingerprint density at radius 2 is 1.89 bits per heavy atom. The van der Waals surface area contributed by atoms with E-state index in [1.54, 1.807) is 0 Å². The SMILES string of the molecule is CCC(Br)C(=O)Nc1ccccc1CN(CC)CC. The zero-order valence-corrected chi connectivity index (χ0v) is 13.5. The molecule has 1 N–H and O–H groups in total. The van der Waals surface area contributed by atoms with Crippen LogP contribution in [0.25, 0.3) is 0 Å². The molecule has 0 aliphatic rings. The van der Waals surface area contributed by atoms with Crippen molar-refractivity contribution in [3.63, 3.8) is 0 Å². The van der Waals surface area contributed by atoms with Gasteiger partial charge in [0.05, 0.1) is 4.83 Å². The standard InChI is InChI=1S/C15H23BrN2O/c1-4-13(16)15(19)17-14-10-8-7-9-12(14)11-18(5-2)6-3/h7-10,13H,4-6,11H2,1-3H3,(H,17,19). The molecular weight excluding hydrogens is 304 g/mol. The summed E-state index contributed by atoms with van der Waals surface area (Å²) in [5.74, 6) is 0.0227. The smallest absolute Gasteiger partial charge is 0.238 e. The Morgan fingerprint density at radius 1 is 1.26 bits per heavy atom. The van der Waals surface area contributed by atoms with Gasteiger partial charge >= 0.3 is 0 Å². The third kappa shape index (κ3) is 4.96. The van der Waals surface area contributed by atoms with Gasteiger partial charge in [0, 0.05) is 12.2 Å². The lowest BCUT2D eigenvalue weighted by Crippen LogP contribution is -2.25. The van der Waals surface area contributed by atoms with E-state index in [9.17, 15) is 4.79 Å². The van der Waals surface area contributed by atoms with E-state index in [0.29, 0.717) is 0 Å². The first-order valence-electron chi connectivity index (χ1n) is 6.87. The summed E-state index contributed by atoms with van der Waals surface area (Å²) in [6.45, 7) is 9.17. The molecule has 0 saturated carbocycles. The summed E-state index contributed by atoms with van der Waals surface area (Å²) in [5.41, 5.74) is 2.08. The molecule has 3 nitrogen and oxygen atoms in total. The predicted octanol–water partition coefficient (Wildman–Crippen LogP) is 3.64. The van der Waals surface area contributed by atoms with Crippen LogP contribution < -0.4 is 5.32 Å². The van der Waals surface area contributed by atoms with Gasteiger partial charge in [-0.15, -0.1) is 0 Å². The van der Waals surface area contributed by atoms with Gasteiger partial charge in [-0.25, -0.2) is 0 Å². The van der Waals surface area contributed by atoms with Crippen LogP contribution in [0.5, 0.6) is 0 Å². The Bertz CT molecular complexity index is 405. The number of hydrogen-bond acceptors (Lipinski definition) is 2. The number of rotatable bonds is 7. The van der Waals surface area contributed by atoms with Crippen molar-refractivity contribution in [3.05, 3.63) is 29.8 Å². The van der Waals surface area contributed by atoms with Crippen LogP contribution in [-0.4, -0.2) is 28.7 Å². The van der Waals surface area contributed by atoms with E-state index >= 15 is 0 Å². The Labute approximate surface area is 124 Å². The van der Waals surface area contributed by atoms with Gasteiger partial charge in [-0.3, -0.25) is 9.69 Å². The minimum atomic E-state index is -0.131. The normalized spacial score (nSPS) is 12.5. The molecule has 1 unspecified atom stereocenters. The molecule has 0 spiro atoms. The number of nitrogens with zero attached hydrogens (tertiary/aromatic N) is 1. The molecule has 19 heavy (non-hydrogen) atoms. The van der Waals surface area contributed by atoms with Crippen LogP contribution in [0.1, 0.15) is 32.8 Å². The lowest BCUT2D eigenvalue weighted by molar-refractivity contribution is -0.115. The Hall–Kier alpha value is -0.870. The molecule has 106 valence electrons. The van der Waals surface area contributed by atoms with Crippen LogP contribution in [0, 0.1) is 0 Å². The summed E-state index contributed by atoms with van der Waals surface area (Å²) < 4.78 is 0. The zero-order valence-electron chi connectivity index (χ0n) is 11.9. The minimum Gasteiger partial charge on any atom is -0.325 e. The van der Waals surface area contributed by atoms with Crippen molar-refractivity contribution < 1.29 is 4.79 Å². The van der Waals surface area contributed by atoms with Crippen LogP contribution in [0.15, 0.2) is 24.3 Å². The first-order valence-corrected chi connectivity index (χ1v) is 7.79. The molecular formula is C15H23BrN2O. The van der Waals surface area contributed by atoms with Crippen LogP contribution in [0.2, 0.25) is 0 Å². The first kappa shape index (κ1) is 16.2. The molecule has 4 heteroatoms. The summed E-state index contributed by atoms with van der Waals surface area (Å²) in [5, 5.41) is 3.00. The largest absolute Gasteiger partial charge is 0.325 e. The molecule has 0 aliphatic heterocycles. The number of alkyl halides is 1. The van der Waals surface area contributed by atoms with E-state index in [0.717, 1.165) is 37.3 Å². The Kier molecular flexibility index (Phi) is 7.10. The monoisotopic (exact) mass is 326 g/mol. The second-order valence-corrected chi connectivity index (χ2v) is 5.59. The van der Waals surface area contributed by atoms with E-state index in [1.165, 1.54) is 0 Å². The molecule has 1 aromatic rings. The van der Waals surface area contributed by atoms with Gasteiger partial charge in [0.15, 0.2) is 0 Å². The lowest BCUT2D eigenvalue weighted by Gasteiger charge is -2.20. The molecule has 0 heterocycles. The fourth-order valence-electron chi connectivity index (χ4n) is 1.86. The second-order valence-electron chi connectivity index (χ2n) is 4.48. The van der Waals surface area contributed by atoms with Crippen molar-refractivity contribution in [1.29, 1.82) is 0 Å². The van der Waals surface area contributed by atoms with Crippen molar-refractivity contribution in [2.45, 2.75) is 38.6 Å². The van der Waals surface area contributed by atoms with Crippen LogP contribution in [0.4, 0.5) is 5.69 Å². The number of benzene rings is 1. The van der Waals surface area contributed by atoms with Crippen LogP contribution >= 0.6 is 15.9 Å². The second kappa shape index (κ2) is 8.33. The number of halogens is 1. The zero-order chi connectivity index (χ0) is 14.3. The molecule has 1 rings (SSSR count). The van der Waals surface area contributed by atoms with Crippen molar-refractivity contribution in [2.24, 2.45) is 0 Å². The van der Waals surface area contributed by atoms with E-state index in [-0.39, 0.29) is 10.7 Å². The average Bonchev–Trinajstić information content (AvgIpc) is 2.45. The number of para-hydroxylation sites is 1. The number of anilines is 1. The molecule has 0 saturated heterocycles.